The summed E-state index contributed by atoms with van der Waals surface area (Å²) in [6.07, 6.45) is 3.17. The summed E-state index contributed by atoms with van der Waals surface area (Å²) in [7, 11) is 0. The Bertz CT molecular complexity index is 636. The molecule has 1 aromatic heterocycles. The number of rotatable bonds is 7. The molecule has 0 saturated carbocycles. The van der Waals surface area contributed by atoms with Gasteiger partial charge in [0.15, 0.2) is 5.82 Å². The lowest BCUT2D eigenvalue weighted by Gasteiger charge is -2.22. The molecule has 0 aliphatic rings. The van der Waals surface area contributed by atoms with Crippen molar-refractivity contribution in [2.45, 2.75) is 26.7 Å². The fourth-order valence-corrected chi connectivity index (χ4v) is 2.11. The summed E-state index contributed by atoms with van der Waals surface area (Å²) in [5.74, 6) is -0.0996. The maximum Gasteiger partial charge on any atom is 0.254 e. The Morgan fingerprint density at radius 2 is 1.96 bits per heavy atom. The van der Waals surface area contributed by atoms with Crippen LogP contribution < -0.4 is 5.32 Å². The zero-order chi connectivity index (χ0) is 16.7. The van der Waals surface area contributed by atoms with E-state index in [-0.39, 0.29) is 18.4 Å². The van der Waals surface area contributed by atoms with Gasteiger partial charge in [-0.2, -0.15) is 0 Å². The lowest BCUT2D eigenvalue weighted by atomic mass is 10.1. The van der Waals surface area contributed by atoms with Crippen LogP contribution in [0.4, 0.5) is 5.82 Å². The number of amides is 2. The number of benzene rings is 1. The van der Waals surface area contributed by atoms with Gasteiger partial charge in [-0.15, -0.1) is 0 Å². The van der Waals surface area contributed by atoms with Crippen molar-refractivity contribution in [3.05, 3.63) is 47.7 Å². The second-order valence-corrected chi connectivity index (χ2v) is 5.38. The van der Waals surface area contributed by atoms with Crippen LogP contribution in [-0.4, -0.2) is 35.0 Å². The Balaban J connectivity index is 2.04. The highest BCUT2D eigenvalue weighted by Gasteiger charge is 2.18. The molecule has 0 aliphatic carbocycles. The smallest absolute Gasteiger partial charge is 0.254 e. The molecule has 1 aromatic carbocycles. The molecular formula is C17H21N3O3. The first kappa shape index (κ1) is 16.7. The van der Waals surface area contributed by atoms with Gasteiger partial charge in [-0.05, 0) is 25.5 Å². The average Bonchev–Trinajstić information content (AvgIpc) is 3.04. The highest BCUT2D eigenvalue weighted by molar-refractivity contribution is 5.99. The molecular weight excluding hydrogens is 294 g/mol. The van der Waals surface area contributed by atoms with Gasteiger partial charge in [0, 0.05) is 18.2 Å². The number of hydrogen-bond acceptors (Lipinski definition) is 4. The van der Waals surface area contributed by atoms with E-state index in [9.17, 15) is 9.59 Å². The number of hydrogen-bond donors (Lipinski definition) is 1. The maximum atomic E-state index is 12.6. The Kier molecular flexibility index (Phi) is 5.91. The van der Waals surface area contributed by atoms with Crippen molar-refractivity contribution >= 4 is 17.6 Å². The lowest BCUT2D eigenvalue weighted by Crippen LogP contribution is -2.38. The van der Waals surface area contributed by atoms with Crippen LogP contribution in [0.2, 0.25) is 0 Å². The third kappa shape index (κ3) is 4.95. The van der Waals surface area contributed by atoms with Crippen molar-refractivity contribution in [2.24, 2.45) is 0 Å². The SMILES string of the molecule is CCCCN(CC(=O)Nc1ccon1)C(=O)c1ccc(C)cc1. The number of aryl methyl sites for hydroxylation is 1. The highest BCUT2D eigenvalue weighted by Crippen LogP contribution is 2.09. The van der Waals surface area contributed by atoms with Crippen molar-refractivity contribution in [2.75, 3.05) is 18.4 Å². The molecule has 122 valence electrons. The summed E-state index contributed by atoms with van der Waals surface area (Å²) in [6.45, 7) is 4.54. The first-order valence-electron chi connectivity index (χ1n) is 7.66. The maximum absolute atomic E-state index is 12.6. The first-order valence-corrected chi connectivity index (χ1v) is 7.66. The van der Waals surface area contributed by atoms with Gasteiger partial charge in [-0.1, -0.05) is 36.2 Å². The van der Waals surface area contributed by atoms with Crippen molar-refractivity contribution in [3.63, 3.8) is 0 Å². The predicted molar refractivity (Wildman–Crippen MR) is 87.1 cm³/mol. The van der Waals surface area contributed by atoms with E-state index >= 15 is 0 Å². The number of nitrogens with zero attached hydrogens (tertiary/aromatic N) is 2. The monoisotopic (exact) mass is 315 g/mol. The summed E-state index contributed by atoms with van der Waals surface area (Å²) in [6, 6.07) is 8.90. The van der Waals surface area contributed by atoms with Gasteiger partial charge in [-0.3, -0.25) is 9.59 Å². The number of aromatic nitrogens is 1. The van der Waals surface area contributed by atoms with E-state index in [2.05, 4.69) is 15.0 Å². The predicted octanol–water partition coefficient (Wildman–Crippen LogP) is 2.86. The molecule has 6 nitrogen and oxygen atoms in total. The van der Waals surface area contributed by atoms with Crippen LogP contribution in [0, 0.1) is 6.92 Å². The second-order valence-electron chi connectivity index (χ2n) is 5.38. The minimum Gasteiger partial charge on any atom is -0.363 e. The molecule has 0 fully saturated rings. The van der Waals surface area contributed by atoms with E-state index in [0.717, 1.165) is 18.4 Å². The van der Waals surface area contributed by atoms with Gasteiger partial charge >= 0.3 is 0 Å². The van der Waals surface area contributed by atoms with Crippen LogP contribution in [0.25, 0.3) is 0 Å². The molecule has 0 spiro atoms. The van der Waals surface area contributed by atoms with E-state index in [1.54, 1.807) is 23.1 Å². The quantitative estimate of drug-likeness (QED) is 0.852. The Morgan fingerprint density at radius 1 is 1.22 bits per heavy atom. The largest absolute Gasteiger partial charge is 0.363 e. The standard InChI is InChI=1S/C17H21N3O3/c1-3-4-10-20(12-16(21)18-15-9-11-23-19-15)17(22)14-7-5-13(2)6-8-14/h5-9,11H,3-4,10,12H2,1-2H3,(H,18,19,21). The summed E-state index contributed by atoms with van der Waals surface area (Å²) in [5, 5.41) is 6.23. The number of anilines is 1. The topological polar surface area (TPSA) is 75.4 Å². The molecule has 23 heavy (non-hydrogen) atoms. The van der Waals surface area contributed by atoms with E-state index in [1.165, 1.54) is 6.26 Å². The summed E-state index contributed by atoms with van der Waals surface area (Å²) < 4.78 is 4.67. The molecule has 0 aliphatic heterocycles. The average molecular weight is 315 g/mol. The van der Waals surface area contributed by atoms with Crippen LogP contribution in [-0.2, 0) is 4.79 Å². The fraction of sp³-hybridized carbons (Fsp3) is 0.353. The molecule has 0 saturated heterocycles. The van der Waals surface area contributed by atoms with Crippen molar-refractivity contribution in [3.8, 4) is 0 Å². The molecule has 6 heteroatoms. The summed E-state index contributed by atoms with van der Waals surface area (Å²) in [4.78, 5) is 26.3. The van der Waals surface area contributed by atoms with E-state index in [4.69, 9.17) is 0 Å². The second kappa shape index (κ2) is 8.12. The van der Waals surface area contributed by atoms with E-state index in [1.807, 2.05) is 26.0 Å². The van der Waals surface area contributed by atoms with Gasteiger partial charge in [0.2, 0.25) is 5.91 Å². The van der Waals surface area contributed by atoms with Gasteiger partial charge < -0.3 is 14.7 Å². The third-order valence-electron chi connectivity index (χ3n) is 3.41. The van der Waals surface area contributed by atoms with Crippen LogP contribution >= 0.6 is 0 Å². The minimum atomic E-state index is -0.296. The third-order valence-corrected chi connectivity index (χ3v) is 3.41. The van der Waals surface area contributed by atoms with Crippen molar-refractivity contribution in [1.29, 1.82) is 0 Å². The van der Waals surface area contributed by atoms with Crippen molar-refractivity contribution in [1.82, 2.24) is 10.1 Å². The molecule has 0 radical (unpaired) electrons. The van der Waals surface area contributed by atoms with Gasteiger partial charge in [0.25, 0.3) is 5.91 Å². The number of unbranched alkanes of at least 4 members (excludes halogenated alkanes) is 1. The highest BCUT2D eigenvalue weighted by atomic mass is 16.5. The molecule has 1 N–H and O–H groups in total. The van der Waals surface area contributed by atoms with Gasteiger partial charge in [0.1, 0.15) is 12.8 Å². The Hall–Kier alpha value is -2.63. The molecule has 0 unspecified atom stereocenters. The number of carbonyl (C=O) groups is 2. The lowest BCUT2D eigenvalue weighted by molar-refractivity contribution is -0.116. The molecule has 0 atom stereocenters. The summed E-state index contributed by atoms with van der Waals surface area (Å²) >= 11 is 0. The minimum absolute atomic E-state index is 0.0143. The zero-order valence-corrected chi connectivity index (χ0v) is 13.4. The van der Waals surface area contributed by atoms with Gasteiger partial charge in [-0.25, -0.2) is 0 Å². The molecule has 1 heterocycles. The number of nitrogens with one attached hydrogen (secondary N) is 1. The van der Waals surface area contributed by atoms with Crippen LogP contribution in [0.15, 0.2) is 41.1 Å². The van der Waals surface area contributed by atoms with E-state index in [0.29, 0.717) is 17.9 Å². The van der Waals surface area contributed by atoms with Crippen molar-refractivity contribution < 1.29 is 14.1 Å². The number of carbonyl (C=O) groups excluding carboxylic acids is 2. The van der Waals surface area contributed by atoms with Gasteiger partial charge in [0.05, 0.1) is 0 Å². The molecule has 0 bridgehead atoms. The summed E-state index contributed by atoms with van der Waals surface area (Å²) in [5.41, 5.74) is 1.67. The molecule has 2 rings (SSSR count). The van der Waals surface area contributed by atoms with Crippen LogP contribution in [0.1, 0.15) is 35.7 Å². The van der Waals surface area contributed by atoms with Crippen LogP contribution in [0.3, 0.4) is 0 Å². The molecule has 2 aromatic rings. The zero-order valence-electron chi connectivity index (χ0n) is 13.4. The normalized spacial score (nSPS) is 10.3. The Morgan fingerprint density at radius 3 is 2.57 bits per heavy atom. The first-order chi connectivity index (χ1) is 11.1. The molecule has 2 amide bonds. The van der Waals surface area contributed by atoms with Crippen LogP contribution in [0.5, 0.6) is 0 Å². The van der Waals surface area contributed by atoms with E-state index < -0.39 is 0 Å². The fourth-order valence-electron chi connectivity index (χ4n) is 2.11. The Labute approximate surface area is 135 Å².